The third-order valence-electron chi connectivity index (χ3n) is 4.23. The fourth-order valence-corrected chi connectivity index (χ4v) is 5.93. The minimum atomic E-state index is -0.930. The quantitative estimate of drug-likeness (QED) is 0.806. The largest absolute Gasteiger partial charge is 0.236 e. The second-order valence-electron chi connectivity index (χ2n) is 5.60. The van der Waals surface area contributed by atoms with Gasteiger partial charge in [0.25, 0.3) is 0 Å². The van der Waals surface area contributed by atoms with E-state index in [0.717, 1.165) is 10.8 Å². The van der Waals surface area contributed by atoms with Crippen molar-refractivity contribution in [1.82, 2.24) is 4.31 Å². The van der Waals surface area contributed by atoms with Crippen LogP contribution in [0.4, 0.5) is 0 Å². The molecule has 1 spiro atoms. The first kappa shape index (κ1) is 11.9. The van der Waals surface area contributed by atoms with Gasteiger partial charge in [-0.25, -0.2) is 8.51 Å². The molecule has 0 amide bonds. The number of thiophene rings is 1. The van der Waals surface area contributed by atoms with Crippen LogP contribution in [0.25, 0.3) is 0 Å². The lowest BCUT2D eigenvalue weighted by molar-refractivity contribution is 0.153. The first-order valence-electron chi connectivity index (χ1n) is 6.35. The van der Waals surface area contributed by atoms with E-state index in [1.165, 1.54) is 30.6 Å². The molecule has 1 aromatic rings. The van der Waals surface area contributed by atoms with Gasteiger partial charge in [0.2, 0.25) is 0 Å². The van der Waals surface area contributed by atoms with Crippen LogP contribution in [0.3, 0.4) is 0 Å². The van der Waals surface area contributed by atoms with Gasteiger partial charge < -0.3 is 0 Å². The highest BCUT2D eigenvalue weighted by atomic mass is 32.2. The van der Waals surface area contributed by atoms with Gasteiger partial charge >= 0.3 is 0 Å². The van der Waals surface area contributed by atoms with Crippen molar-refractivity contribution >= 4 is 22.3 Å². The van der Waals surface area contributed by atoms with Gasteiger partial charge in [-0.1, -0.05) is 6.42 Å². The van der Waals surface area contributed by atoms with Crippen LogP contribution in [-0.2, 0) is 11.0 Å². The third-order valence-corrected chi connectivity index (χ3v) is 7.09. The Morgan fingerprint density at radius 2 is 2.24 bits per heavy atom. The van der Waals surface area contributed by atoms with Gasteiger partial charge in [0, 0.05) is 17.5 Å². The van der Waals surface area contributed by atoms with Gasteiger partial charge in [-0.05, 0) is 50.7 Å². The van der Waals surface area contributed by atoms with E-state index < -0.39 is 11.0 Å². The fraction of sp³-hybridized carbons (Fsp3) is 0.692. The second kappa shape index (κ2) is 4.18. The highest BCUT2D eigenvalue weighted by Crippen LogP contribution is 2.51. The number of hydrogen-bond acceptors (Lipinski definition) is 2. The van der Waals surface area contributed by atoms with Crippen molar-refractivity contribution in [2.24, 2.45) is 5.41 Å². The molecular formula is C13H19NOS2. The van der Waals surface area contributed by atoms with Gasteiger partial charge in [-0.3, -0.25) is 0 Å². The minimum Gasteiger partial charge on any atom is -0.236 e. The second-order valence-corrected chi connectivity index (χ2v) is 8.55. The van der Waals surface area contributed by atoms with Gasteiger partial charge in [0.1, 0.15) is 15.2 Å². The lowest BCUT2D eigenvalue weighted by Gasteiger charge is -2.37. The molecule has 1 saturated heterocycles. The molecule has 1 saturated carbocycles. The first-order chi connectivity index (χ1) is 8.10. The van der Waals surface area contributed by atoms with Crippen LogP contribution in [0.5, 0.6) is 0 Å². The Labute approximate surface area is 110 Å². The molecule has 0 bridgehead atoms. The van der Waals surface area contributed by atoms with Gasteiger partial charge in [-0.15, -0.1) is 11.3 Å². The highest BCUT2D eigenvalue weighted by Gasteiger charge is 2.47. The van der Waals surface area contributed by atoms with E-state index in [1.54, 1.807) is 11.3 Å². The Balaban J connectivity index is 1.78. The molecule has 1 aliphatic heterocycles. The summed E-state index contributed by atoms with van der Waals surface area (Å²) in [6, 6.07) is 4.56. The molecule has 2 heterocycles. The summed E-state index contributed by atoms with van der Waals surface area (Å²) in [5.74, 6) is 0. The zero-order valence-corrected chi connectivity index (χ0v) is 12.1. The average molecular weight is 269 g/mol. The van der Waals surface area contributed by atoms with Crippen LogP contribution in [0.1, 0.15) is 37.5 Å². The number of hydrogen-bond donors (Lipinski definition) is 0. The Hall–Kier alpha value is -0.190. The van der Waals surface area contributed by atoms with E-state index >= 15 is 0 Å². The summed E-state index contributed by atoms with van der Waals surface area (Å²) in [7, 11) is -0.930. The van der Waals surface area contributed by atoms with Crippen molar-refractivity contribution in [3.63, 3.8) is 0 Å². The summed E-state index contributed by atoms with van der Waals surface area (Å²) in [4.78, 5) is 1.25. The molecule has 2 unspecified atom stereocenters. The maximum atomic E-state index is 12.5. The Bertz CT molecular complexity index is 450. The number of rotatable bonds is 2. The maximum Gasteiger partial charge on any atom is 0.138 e. The van der Waals surface area contributed by atoms with Crippen LogP contribution >= 0.6 is 11.3 Å². The zero-order chi connectivity index (χ0) is 12.0. The summed E-state index contributed by atoms with van der Waals surface area (Å²) in [6.07, 6.45) is 5.29. The van der Waals surface area contributed by atoms with Crippen LogP contribution in [0.15, 0.2) is 16.3 Å². The lowest BCUT2D eigenvalue weighted by atomic mass is 9.68. The summed E-state index contributed by atoms with van der Waals surface area (Å²) >= 11 is 1.67. The molecule has 94 valence electrons. The van der Waals surface area contributed by atoms with Crippen LogP contribution in [0, 0.1) is 12.3 Å². The smallest absolute Gasteiger partial charge is 0.138 e. The maximum absolute atomic E-state index is 12.5. The van der Waals surface area contributed by atoms with E-state index in [0.29, 0.717) is 11.5 Å². The van der Waals surface area contributed by atoms with Crippen LogP contribution in [-0.4, -0.2) is 21.1 Å². The first-order valence-corrected chi connectivity index (χ1v) is 8.27. The molecule has 1 aliphatic carbocycles. The summed E-state index contributed by atoms with van der Waals surface area (Å²) in [5.41, 5.74) is 0.515. The predicted octanol–water partition coefficient (Wildman–Crippen LogP) is 3.34. The van der Waals surface area contributed by atoms with E-state index in [9.17, 15) is 4.21 Å². The van der Waals surface area contributed by atoms with Crippen molar-refractivity contribution in [3.8, 4) is 0 Å². The Morgan fingerprint density at radius 1 is 1.47 bits per heavy atom. The molecule has 0 N–H and O–H groups in total. The monoisotopic (exact) mass is 269 g/mol. The molecule has 2 aliphatic rings. The van der Waals surface area contributed by atoms with Gasteiger partial charge in [-0.2, -0.15) is 0 Å². The molecular weight excluding hydrogens is 250 g/mol. The van der Waals surface area contributed by atoms with E-state index in [1.807, 2.05) is 6.07 Å². The number of aryl methyl sites for hydroxylation is 1. The predicted molar refractivity (Wildman–Crippen MR) is 72.5 cm³/mol. The normalized spacial score (nSPS) is 29.4. The molecule has 1 aromatic heterocycles. The topological polar surface area (TPSA) is 20.3 Å². The SMILES string of the molecule is Cc1ccc(S(=O)N2CC3(CCC3)CC2C)s1. The summed E-state index contributed by atoms with van der Waals surface area (Å²) in [6.45, 7) is 5.34. The van der Waals surface area contributed by atoms with Crippen molar-refractivity contribution < 1.29 is 4.21 Å². The highest BCUT2D eigenvalue weighted by molar-refractivity contribution is 7.85. The Kier molecular flexibility index (Phi) is 2.92. The molecule has 0 radical (unpaired) electrons. The van der Waals surface area contributed by atoms with Crippen molar-refractivity contribution in [2.45, 2.75) is 49.8 Å². The van der Waals surface area contributed by atoms with Gasteiger partial charge in [0.05, 0.1) is 0 Å². The summed E-state index contributed by atoms with van der Waals surface area (Å²) < 4.78 is 15.8. The lowest BCUT2D eigenvalue weighted by Crippen LogP contribution is -2.34. The van der Waals surface area contributed by atoms with Crippen LogP contribution in [0.2, 0.25) is 0 Å². The van der Waals surface area contributed by atoms with Gasteiger partial charge in [0.15, 0.2) is 0 Å². The van der Waals surface area contributed by atoms with Crippen molar-refractivity contribution in [3.05, 3.63) is 17.0 Å². The Morgan fingerprint density at radius 3 is 2.71 bits per heavy atom. The third kappa shape index (κ3) is 2.00. The molecule has 0 aromatic carbocycles. The van der Waals surface area contributed by atoms with E-state index in [2.05, 4.69) is 24.2 Å². The minimum absolute atomic E-state index is 0.471. The fourth-order valence-electron chi connectivity index (χ4n) is 3.16. The molecule has 17 heavy (non-hydrogen) atoms. The van der Waals surface area contributed by atoms with E-state index in [-0.39, 0.29) is 0 Å². The van der Waals surface area contributed by atoms with Crippen molar-refractivity contribution in [1.29, 1.82) is 0 Å². The zero-order valence-electron chi connectivity index (χ0n) is 10.4. The molecule has 2 atom stereocenters. The molecule has 4 heteroatoms. The standard InChI is InChI=1S/C13H19NOS2/c1-10-8-13(6-3-7-13)9-14(10)17(15)12-5-4-11(2)16-12/h4-5,10H,3,6-9H2,1-2H3. The molecule has 2 nitrogen and oxygen atoms in total. The summed E-state index contributed by atoms with van der Waals surface area (Å²) in [5, 5.41) is 0. The number of nitrogens with zero attached hydrogens (tertiary/aromatic N) is 1. The molecule has 3 rings (SSSR count). The van der Waals surface area contributed by atoms with Crippen LogP contribution < -0.4 is 0 Å². The molecule has 2 fully saturated rings. The van der Waals surface area contributed by atoms with Crippen molar-refractivity contribution in [2.75, 3.05) is 6.54 Å². The van der Waals surface area contributed by atoms with E-state index in [4.69, 9.17) is 0 Å². The average Bonchev–Trinajstić information content (AvgIpc) is 2.81.